The molecule has 0 bridgehead atoms. The van der Waals surface area contributed by atoms with Crippen molar-refractivity contribution >= 4 is 23.1 Å². The van der Waals surface area contributed by atoms with Crippen molar-refractivity contribution in [1.82, 2.24) is 38.9 Å². The van der Waals surface area contributed by atoms with Crippen molar-refractivity contribution in [2.75, 3.05) is 61.5 Å². The third-order valence-corrected chi connectivity index (χ3v) is 42.3. The molecule has 0 aliphatic heterocycles. The number of rotatable bonds is 22. The Labute approximate surface area is 779 Å². The van der Waals surface area contributed by atoms with Crippen molar-refractivity contribution in [2.45, 2.75) is 363 Å². The molecule has 4 aromatic heterocycles. The number of hydrogen-bond donors (Lipinski definition) is 4. The lowest BCUT2D eigenvalue weighted by Gasteiger charge is -2.62. The maximum Gasteiger partial charge on any atom is 0.157 e. The van der Waals surface area contributed by atoms with Gasteiger partial charge in [0, 0.05) is 70.7 Å². The first-order valence-corrected chi connectivity index (χ1v) is 52.4. The van der Waals surface area contributed by atoms with Crippen LogP contribution in [0.1, 0.15) is 310 Å². The van der Waals surface area contributed by atoms with E-state index in [4.69, 9.17) is 23.7 Å². The fourth-order valence-corrected chi connectivity index (χ4v) is 36.7. The molecule has 0 saturated heterocycles. The van der Waals surface area contributed by atoms with Crippen molar-refractivity contribution < 1.29 is 63.3 Å². The van der Waals surface area contributed by atoms with E-state index in [9.17, 15) is 39.6 Å². The lowest BCUT2D eigenvalue weighted by molar-refractivity contribution is -0.175. The first-order chi connectivity index (χ1) is 61.8. The second-order valence-corrected chi connectivity index (χ2v) is 49.6. The largest absolute Gasteiger partial charge is 0.491 e. The van der Waals surface area contributed by atoms with Gasteiger partial charge in [-0.2, -0.15) is 15.3 Å². The van der Waals surface area contributed by atoms with Gasteiger partial charge in [0.25, 0.3) is 0 Å². The van der Waals surface area contributed by atoms with Gasteiger partial charge >= 0.3 is 0 Å². The molecule has 0 amide bonds. The van der Waals surface area contributed by atoms with Crippen LogP contribution in [0.15, 0.2) is 49.7 Å². The zero-order chi connectivity index (χ0) is 92.3. The normalized spacial score (nSPS) is 45.2. The zero-order valence-corrected chi connectivity index (χ0v) is 83.0. The maximum absolute atomic E-state index is 13.5. The Balaban J connectivity index is 0.000000121. The summed E-state index contributed by atoms with van der Waals surface area (Å²) in [6.45, 7) is 31.4. The molecule has 21 heteroatoms. The topological polar surface area (TPSA) is 267 Å². The zero-order valence-electron chi connectivity index (χ0n) is 83.0. The number of methoxy groups -OCH3 is 4. The SMILES string of the molecule is CCOc1cnn(CC(=O)[C@H]2CC[C@H]3[C@@H]4CC[C@H]5C[C@](C)(O)CC[C@]5(COC)[C@H]4CC[C@]23C)c1.COC[C@]12CC[C@@](C)(O)C[C@@H]1CC[C@H]1[C@@H]3CC[C@H](C(=O)Cn4cc(C)cn4)[C@@]3(C)CC[C@@H]12.COC[C@]12CC[C@@](C)(O)C[C@@H]1CC[C@H]1[C@@H]3CC[C@H](C(=O)Cn4cc(C)cn4)[C@@]3(C)CC[C@@H]12.COC[C@]12CC[C@@](C)(O)C[C@@H]1CC[C@H]1[C@@H]3CC[C@H](C(=O)Cn4cnc(C)c4)[C@@]3(C)CC[C@@H]12. The molecule has 16 aliphatic rings. The number of hydrogen-bond acceptors (Lipinski definition) is 17. The highest BCUT2D eigenvalue weighted by molar-refractivity contribution is 5.84. The van der Waals surface area contributed by atoms with Gasteiger partial charge in [0.05, 0.1) is 118 Å². The number of aromatic nitrogens is 8. The Hall–Kier alpha value is -5.00. The number of Topliss-reactive ketones (excluding diaryl/α,β-unsaturated/α-hetero) is 4. The highest BCUT2D eigenvalue weighted by atomic mass is 16.5. The van der Waals surface area contributed by atoms with Gasteiger partial charge in [-0.3, -0.25) is 33.2 Å². The molecule has 4 N–H and O–H groups in total. The Morgan fingerprint density at radius 1 is 0.346 bits per heavy atom. The number of aliphatic hydroxyl groups is 4. The lowest BCUT2D eigenvalue weighted by atomic mass is 9.43. The van der Waals surface area contributed by atoms with Gasteiger partial charge in [0.1, 0.15) is 0 Å². The van der Waals surface area contributed by atoms with Gasteiger partial charge in [0.15, 0.2) is 28.9 Å². The third-order valence-electron chi connectivity index (χ3n) is 42.3. The summed E-state index contributed by atoms with van der Waals surface area (Å²) >= 11 is 0. The molecule has 21 nitrogen and oxygen atoms in total. The second-order valence-electron chi connectivity index (χ2n) is 49.6. The average Bonchev–Trinajstić information content (AvgIpc) is 1.23. The molecule has 0 spiro atoms. The molecule has 0 aromatic carbocycles. The van der Waals surface area contributed by atoms with Crippen LogP contribution in [0.4, 0.5) is 0 Å². The van der Waals surface area contributed by atoms with E-state index >= 15 is 0 Å². The van der Waals surface area contributed by atoms with Gasteiger partial charge < -0.3 is 48.7 Å². The summed E-state index contributed by atoms with van der Waals surface area (Å²) in [6, 6.07) is 0. The second kappa shape index (κ2) is 37.1. The smallest absolute Gasteiger partial charge is 0.157 e. The summed E-state index contributed by atoms with van der Waals surface area (Å²) in [6.07, 6.45) is 54.7. The van der Waals surface area contributed by atoms with Crippen LogP contribution in [0.25, 0.3) is 0 Å². The maximum atomic E-state index is 13.5. The number of ether oxygens (including phenoxy) is 5. The molecule has 0 unspecified atom stereocenters. The first kappa shape index (κ1) is 96.7. The van der Waals surface area contributed by atoms with E-state index in [-0.39, 0.29) is 67.0 Å². The summed E-state index contributed by atoms with van der Waals surface area (Å²) in [5.74, 6) is 13.2. The van der Waals surface area contributed by atoms with E-state index in [1.54, 1.807) is 17.2 Å². The minimum absolute atomic E-state index is 0.0927. The summed E-state index contributed by atoms with van der Waals surface area (Å²) in [5.41, 5.74) is 2.44. The highest BCUT2D eigenvalue weighted by Crippen LogP contribution is 2.74. The summed E-state index contributed by atoms with van der Waals surface area (Å²) in [5, 5.41) is 56.4. The van der Waals surface area contributed by atoms with Crippen molar-refractivity contribution in [3.8, 4) is 5.75 Å². The predicted octanol–water partition coefficient (Wildman–Crippen LogP) is 19.3. The van der Waals surface area contributed by atoms with Crippen molar-refractivity contribution in [2.24, 2.45) is 162 Å². The first-order valence-electron chi connectivity index (χ1n) is 52.4. The van der Waals surface area contributed by atoms with Crippen LogP contribution in [-0.4, -0.2) is 166 Å². The molecule has 4 heterocycles. The fraction of sp³-hybridized carbons (Fsp3) is 0.853. The number of imidazole rings is 1. The summed E-state index contributed by atoms with van der Waals surface area (Å²) in [4.78, 5) is 58.0. The van der Waals surface area contributed by atoms with Gasteiger partial charge in [-0.15, -0.1) is 0 Å². The summed E-state index contributed by atoms with van der Waals surface area (Å²) in [7, 11) is 7.43. The van der Waals surface area contributed by atoms with Crippen molar-refractivity contribution in [3.63, 3.8) is 0 Å². The van der Waals surface area contributed by atoms with Crippen LogP contribution < -0.4 is 4.74 Å². The van der Waals surface area contributed by atoms with Crippen LogP contribution in [0.5, 0.6) is 5.75 Å². The molecule has 32 atom stereocenters. The molecular weight excluding hydrogens is 1630 g/mol. The number of ketones is 4. The number of carbonyl (C=O) groups is 4. The van der Waals surface area contributed by atoms with Crippen LogP contribution in [0.2, 0.25) is 0 Å². The Kier molecular flexibility index (Phi) is 27.6. The Morgan fingerprint density at radius 2 is 0.631 bits per heavy atom. The monoisotopic (exact) mass is 1800 g/mol. The predicted molar refractivity (Wildman–Crippen MR) is 502 cm³/mol. The molecule has 16 fully saturated rings. The molecule has 16 saturated carbocycles. The van der Waals surface area contributed by atoms with E-state index in [0.717, 1.165) is 177 Å². The van der Waals surface area contributed by atoms with E-state index in [1.807, 2.05) is 135 Å². The molecule has 20 rings (SSSR count). The third kappa shape index (κ3) is 17.7. The standard InChI is InChI=1S/C28H44N2O4.3C27H42N2O3/c1-5-34-20-15-29-30(16-20)17-25(31)24-9-8-22-21-7-6-19-14-26(2,32)12-13-28(19,18-33-4)23(21)10-11-27(22,24)3;1-18-14-29(17-28-18)15-24(30)23-8-7-21-20-6-5-19-13-25(2,31)11-12-27(19,16-32-4)22(20)9-10-26(21,23)3;2*1-18-14-28-29(15-18)16-24(30)23-8-7-21-20-6-5-19-13-25(2,31)11-12-27(19,17-32-4)22(20)9-10-26(21,23)3/h15-16,19,21-24,32H,5-14,17-18H2,1-4H3;14,17,19-23,31H,5-13,15-16H2,1-4H3;2*14-15,19-23,31H,5-13,16-17H2,1-4H3/t19-,21-,22-,23-,24+,26+,27-,28+;3*19-,20-,21-,22-,23+,25+,26-,27+/m0000/s1. The summed E-state index contributed by atoms with van der Waals surface area (Å²) < 4.78 is 36.4. The van der Waals surface area contributed by atoms with Crippen molar-refractivity contribution in [3.05, 3.63) is 66.5 Å². The lowest BCUT2D eigenvalue weighted by Crippen LogP contribution is -2.58. The van der Waals surface area contributed by atoms with Gasteiger partial charge in [-0.1, -0.05) is 27.7 Å². The molecule has 130 heavy (non-hydrogen) atoms. The number of aryl methyl sites for hydroxylation is 3. The fourth-order valence-electron chi connectivity index (χ4n) is 36.7. The molecule has 724 valence electrons. The van der Waals surface area contributed by atoms with Crippen LogP contribution in [0, 0.1) is 182 Å². The minimum atomic E-state index is -0.530. The molecule has 4 aromatic rings. The van der Waals surface area contributed by atoms with Crippen LogP contribution in [-0.2, 0) is 64.3 Å². The van der Waals surface area contributed by atoms with Crippen LogP contribution in [0.3, 0.4) is 0 Å². The minimum Gasteiger partial charge on any atom is -0.491 e. The van der Waals surface area contributed by atoms with Gasteiger partial charge in [-0.05, 0) is 436 Å². The van der Waals surface area contributed by atoms with Gasteiger partial charge in [-0.25, -0.2) is 4.98 Å². The number of nitrogens with zero attached hydrogens (tertiary/aromatic N) is 8. The quantitative estimate of drug-likeness (QED) is 0.0569. The number of fused-ring (bicyclic) bond motifs is 20. The Bertz CT molecular complexity index is 4280. The average molecular weight is 1800 g/mol. The van der Waals surface area contributed by atoms with E-state index < -0.39 is 22.4 Å². The van der Waals surface area contributed by atoms with E-state index in [2.05, 4.69) is 48.0 Å². The molecule has 0 radical (unpaired) electrons. The van der Waals surface area contributed by atoms with E-state index in [1.165, 1.54) is 103 Å². The highest BCUT2D eigenvalue weighted by Gasteiger charge is 2.69. The van der Waals surface area contributed by atoms with E-state index in [0.29, 0.717) is 151 Å². The Morgan fingerprint density at radius 3 is 0.892 bits per heavy atom. The van der Waals surface area contributed by atoms with Crippen LogP contribution >= 0.6 is 0 Å². The molecular formula is C109H170N8O13. The van der Waals surface area contributed by atoms with Crippen molar-refractivity contribution in [1.29, 1.82) is 0 Å². The van der Waals surface area contributed by atoms with Gasteiger partial charge in [0.2, 0.25) is 0 Å². The number of carbonyl (C=O) groups excluding carboxylic acids is 4. The molecule has 16 aliphatic carbocycles.